The molecule has 1 atom stereocenters. The first-order valence-electron chi connectivity index (χ1n) is 5.82. The van der Waals surface area contributed by atoms with E-state index in [2.05, 4.69) is 10.6 Å². The zero-order chi connectivity index (χ0) is 11.4. The van der Waals surface area contributed by atoms with Crippen molar-refractivity contribution in [1.82, 2.24) is 10.6 Å². The average molecular weight is 222 g/mol. The molecule has 0 spiro atoms. The van der Waals surface area contributed by atoms with Crippen LogP contribution in [0, 0.1) is 5.92 Å². The maximum atomic E-state index is 11.3. The minimum absolute atomic E-state index is 0.188. The summed E-state index contributed by atoms with van der Waals surface area (Å²) in [4.78, 5) is 11.3. The molecule has 1 heterocycles. The van der Waals surface area contributed by atoms with E-state index in [-0.39, 0.29) is 11.9 Å². The van der Waals surface area contributed by atoms with E-state index in [0.717, 1.165) is 25.1 Å². The number of furan rings is 1. The van der Waals surface area contributed by atoms with Gasteiger partial charge in [0.25, 0.3) is 0 Å². The number of carbonyl (C=O) groups excluding carboxylic acids is 1. The predicted molar refractivity (Wildman–Crippen MR) is 60.9 cm³/mol. The second-order valence-corrected chi connectivity index (χ2v) is 4.26. The van der Waals surface area contributed by atoms with Crippen LogP contribution in [0.1, 0.15) is 31.6 Å². The second-order valence-electron chi connectivity index (χ2n) is 4.26. The number of hydrogen-bond acceptors (Lipinski definition) is 3. The minimum atomic E-state index is 0.188. The van der Waals surface area contributed by atoms with Crippen LogP contribution in [0.25, 0.3) is 0 Å². The molecule has 0 aromatic carbocycles. The van der Waals surface area contributed by atoms with Gasteiger partial charge in [0.2, 0.25) is 5.91 Å². The lowest BCUT2D eigenvalue weighted by Gasteiger charge is -2.11. The lowest BCUT2D eigenvalue weighted by Crippen LogP contribution is -2.33. The summed E-state index contributed by atoms with van der Waals surface area (Å²) < 4.78 is 5.27. The van der Waals surface area contributed by atoms with Crippen molar-refractivity contribution in [1.29, 1.82) is 0 Å². The fraction of sp³-hybridized carbons (Fsp3) is 0.583. The third-order valence-electron chi connectivity index (χ3n) is 2.79. The molecule has 1 aromatic rings. The first-order chi connectivity index (χ1) is 7.77. The van der Waals surface area contributed by atoms with Crippen molar-refractivity contribution >= 4 is 5.91 Å². The summed E-state index contributed by atoms with van der Waals surface area (Å²) in [6.45, 7) is 3.49. The van der Waals surface area contributed by atoms with Crippen LogP contribution in [-0.4, -0.2) is 19.0 Å². The monoisotopic (exact) mass is 222 g/mol. The fourth-order valence-electron chi connectivity index (χ4n) is 1.60. The topological polar surface area (TPSA) is 54.3 Å². The van der Waals surface area contributed by atoms with Crippen molar-refractivity contribution in [2.24, 2.45) is 5.92 Å². The van der Waals surface area contributed by atoms with Gasteiger partial charge in [0.15, 0.2) is 0 Å². The zero-order valence-corrected chi connectivity index (χ0v) is 9.53. The molecule has 0 radical (unpaired) electrons. The maximum Gasteiger partial charge on any atom is 0.223 e. The molecule has 0 saturated heterocycles. The van der Waals surface area contributed by atoms with Crippen LogP contribution in [0.2, 0.25) is 0 Å². The molecule has 1 unspecified atom stereocenters. The van der Waals surface area contributed by atoms with Gasteiger partial charge in [-0.15, -0.1) is 0 Å². The molecule has 1 fully saturated rings. The standard InChI is InChI=1S/C12H18N2O2/c1-9(11-3-2-8-16-11)13-6-7-14-12(15)10-4-5-10/h2-3,8-10,13H,4-7H2,1H3,(H,14,15). The molecule has 1 aromatic heterocycles. The predicted octanol–water partition coefficient (Wildman–Crippen LogP) is 1.46. The van der Waals surface area contributed by atoms with Crippen molar-refractivity contribution < 1.29 is 9.21 Å². The van der Waals surface area contributed by atoms with Crippen molar-refractivity contribution in [3.05, 3.63) is 24.2 Å². The third kappa shape index (κ3) is 3.10. The van der Waals surface area contributed by atoms with Crippen LogP contribution in [0.3, 0.4) is 0 Å². The van der Waals surface area contributed by atoms with E-state index in [4.69, 9.17) is 4.42 Å². The van der Waals surface area contributed by atoms with E-state index in [0.29, 0.717) is 12.5 Å². The summed E-state index contributed by atoms with van der Waals surface area (Å²) in [7, 11) is 0. The molecule has 0 aliphatic heterocycles. The molecule has 1 saturated carbocycles. The highest BCUT2D eigenvalue weighted by atomic mass is 16.3. The molecule has 0 bridgehead atoms. The molecule has 1 aliphatic carbocycles. The minimum Gasteiger partial charge on any atom is -0.468 e. The van der Waals surface area contributed by atoms with E-state index in [1.807, 2.05) is 19.1 Å². The Morgan fingerprint density at radius 3 is 3.00 bits per heavy atom. The van der Waals surface area contributed by atoms with Gasteiger partial charge in [0.05, 0.1) is 12.3 Å². The van der Waals surface area contributed by atoms with Gasteiger partial charge < -0.3 is 15.1 Å². The van der Waals surface area contributed by atoms with E-state index in [1.54, 1.807) is 6.26 Å². The SMILES string of the molecule is CC(NCCNC(=O)C1CC1)c1ccco1. The van der Waals surface area contributed by atoms with Crippen molar-refractivity contribution in [3.63, 3.8) is 0 Å². The van der Waals surface area contributed by atoms with Gasteiger partial charge in [0.1, 0.15) is 5.76 Å². The Morgan fingerprint density at radius 2 is 2.38 bits per heavy atom. The highest BCUT2D eigenvalue weighted by Crippen LogP contribution is 2.28. The molecule has 1 aliphatic rings. The Kier molecular flexibility index (Phi) is 3.62. The highest BCUT2D eigenvalue weighted by Gasteiger charge is 2.28. The number of rotatable bonds is 6. The van der Waals surface area contributed by atoms with Crippen LogP contribution in [0.4, 0.5) is 0 Å². The van der Waals surface area contributed by atoms with Gasteiger partial charge >= 0.3 is 0 Å². The zero-order valence-electron chi connectivity index (χ0n) is 9.53. The van der Waals surface area contributed by atoms with Gasteiger partial charge in [-0.2, -0.15) is 0 Å². The van der Waals surface area contributed by atoms with Crippen molar-refractivity contribution in [2.75, 3.05) is 13.1 Å². The van der Waals surface area contributed by atoms with E-state index < -0.39 is 0 Å². The van der Waals surface area contributed by atoms with Crippen molar-refractivity contribution in [2.45, 2.75) is 25.8 Å². The van der Waals surface area contributed by atoms with Crippen LogP contribution in [0.15, 0.2) is 22.8 Å². The van der Waals surface area contributed by atoms with Gasteiger partial charge in [0, 0.05) is 19.0 Å². The second kappa shape index (κ2) is 5.16. The van der Waals surface area contributed by atoms with E-state index >= 15 is 0 Å². The average Bonchev–Trinajstić information content (AvgIpc) is 2.99. The summed E-state index contributed by atoms with van der Waals surface area (Å²) in [5.74, 6) is 1.42. The molecule has 16 heavy (non-hydrogen) atoms. The van der Waals surface area contributed by atoms with Crippen LogP contribution in [0.5, 0.6) is 0 Å². The van der Waals surface area contributed by atoms with Crippen LogP contribution < -0.4 is 10.6 Å². The Hall–Kier alpha value is -1.29. The summed E-state index contributed by atoms with van der Waals surface area (Å²) in [5, 5.41) is 6.20. The molecule has 2 N–H and O–H groups in total. The number of amides is 1. The molecule has 4 heteroatoms. The summed E-state index contributed by atoms with van der Waals surface area (Å²) in [6, 6.07) is 4.01. The van der Waals surface area contributed by atoms with E-state index in [9.17, 15) is 4.79 Å². The summed E-state index contributed by atoms with van der Waals surface area (Å²) in [5.41, 5.74) is 0. The third-order valence-corrected chi connectivity index (χ3v) is 2.79. The number of carbonyl (C=O) groups is 1. The normalized spacial score (nSPS) is 17.1. The first-order valence-corrected chi connectivity index (χ1v) is 5.82. The maximum absolute atomic E-state index is 11.3. The molecule has 4 nitrogen and oxygen atoms in total. The number of hydrogen-bond donors (Lipinski definition) is 2. The summed E-state index contributed by atoms with van der Waals surface area (Å²) >= 11 is 0. The van der Waals surface area contributed by atoms with Crippen LogP contribution >= 0.6 is 0 Å². The Morgan fingerprint density at radius 1 is 1.56 bits per heavy atom. The van der Waals surface area contributed by atoms with E-state index in [1.165, 1.54) is 0 Å². The Balaban J connectivity index is 1.59. The lowest BCUT2D eigenvalue weighted by molar-refractivity contribution is -0.122. The molecule has 2 rings (SSSR count). The summed E-state index contributed by atoms with van der Waals surface area (Å²) in [6.07, 6.45) is 3.78. The Labute approximate surface area is 95.4 Å². The number of nitrogens with one attached hydrogen (secondary N) is 2. The van der Waals surface area contributed by atoms with Crippen LogP contribution in [-0.2, 0) is 4.79 Å². The van der Waals surface area contributed by atoms with Gasteiger partial charge in [-0.05, 0) is 31.9 Å². The smallest absolute Gasteiger partial charge is 0.223 e. The first kappa shape index (κ1) is 11.2. The Bertz CT molecular complexity index is 331. The largest absolute Gasteiger partial charge is 0.468 e. The molecular weight excluding hydrogens is 204 g/mol. The molecule has 88 valence electrons. The van der Waals surface area contributed by atoms with Gasteiger partial charge in [-0.25, -0.2) is 0 Å². The fourth-order valence-corrected chi connectivity index (χ4v) is 1.60. The molecular formula is C12H18N2O2. The lowest BCUT2D eigenvalue weighted by atomic mass is 10.2. The van der Waals surface area contributed by atoms with Crippen molar-refractivity contribution in [3.8, 4) is 0 Å². The van der Waals surface area contributed by atoms with Gasteiger partial charge in [-0.1, -0.05) is 0 Å². The highest BCUT2D eigenvalue weighted by molar-refractivity contribution is 5.80. The van der Waals surface area contributed by atoms with Gasteiger partial charge in [-0.3, -0.25) is 4.79 Å². The quantitative estimate of drug-likeness (QED) is 0.716. The molecule has 1 amide bonds.